The highest BCUT2D eigenvalue weighted by atomic mass is 16.2. The highest BCUT2D eigenvalue weighted by Gasteiger charge is 2.21. The molecule has 2 amide bonds. The maximum Gasteiger partial charge on any atom is 0.259 e. The van der Waals surface area contributed by atoms with Crippen LogP contribution in [0.2, 0.25) is 0 Å². The molecule has 1 fully saturated rings. The molecule has 1 aliphatic carbocycles. The Labute approximate surface area is 143 Å². The normalized spacial score (nSPS) is 15.2. The Kier molecular flexibility index (Phi) is 6.78. The first-order valence-corrected chi connectivity index (χ1v) is 8.43. The fourth-order valence-corrected chi connectivity index (χ4v) is 2.75. The molecule has 0 aromatic heterocycles. The van der Waals surface area contributed by atoms with E-state index in [0.29, 0.717) is 0 Å². The smallest absolute Gasteiger partial charge is 0.259 e. The molecule has 2 N–H and O–H groups in total. The number of amides is 2. The van der Waals surface area contributed by atoms with Gasteiger partial charge in [-0.3, -0.25) is 9.59 Å². The van der Waals surface area contributed by atoms with Crippen LogP contribution in [-0.2, 0) is 9.59 Å². The van der Waals surface area contributed by atoms with Crippen LogP contribution in [0.4, 0.5) is 5.69 Å². The van der Waals surface area contributed by atoms with Crippen molar-refractivity contribution in [3.8, 4) is 0 Å². The summed E-state index contributed by atoms with van der Waals surface area (Å²) in [7, 11) is 3.95. The van der Waals surface area contributed by atoms with Gasteiger partial charge in [0.05, 0.1) is 12.8 Å². The summed E-state index contributed by atoms with van der Waals surface area (Å²) in [4.78, 5) is 25.7. The molecule has 1 aromatic rings. The zero-order chi connectivity index (χ0) is 17.4. The van der Waals surface area contributed by atoms with Gasteiger partial charge in [0.2, 0.25) is 5.91 Å². The van der Waals surface area contributed by atoms with Crippen LogP contribution in [0.25, 0.3) is 0 Å². The molecule has 0 heterocycles. The van der Waals surface area contributed by atoms with Crippen LogP contribution in [0.15, 0.2) is 29.4 Å². The lowest BCUT2D eigenvalue weighted by atomic mass is 9.89. The highest BCUT2D eigenvalue weighted by molar-refractivity contribution is 5.87. The molecule has 6 nitrogen and oxygen atoms in total. The van der Waals surface area contributed by atoms with E-state index in [2.05, 4.69) is 15.8 Å². The van der Waals surface area contributed by atoms with Gasteiger partial charge in [-0.15, -0.1) is 0 Å². The number of anilines is 1. The minimum absolute atomic E-state index is 0.0203. The standard InChI is InChI=1S/C18H26N4O2/c1-22(2)16-10-8-14(9-11-16)12-20-21-17(23)13-19-18(24)15-6-4-3-5-7-15/h8-12,15H,3-7,13H2,1-2H3,(H,19,24)(H,21,23)/b20-12+. The zero-order valence-corrected chi connectivity index (χ0v) is 14.4. The molecular formula is C18H26N4O2. The average Bonchev–Trinajstić information content (AvgIpc) is 2.61. The van der Waals surface area contributed by atoms with Gasteiger partial charge in [-0.25, -0.2) is 5.43 Å². The van der Waals surface area contributed by atoms with Gasteiger partial charge in [0.15, 0.2) is 0 Å². The van der Waals surface area contributed by atoms with Crippen molar-refractivity contribution in [1.29, 1.82) is 0 Å². The molecule has 1 aliphatic rings. The molecule has 0 atom stereocenters. The van der Waals surface area contributed by atoms with Crippen LogP contribution in [0.5, 0.6) is 0 Å². The number of rotatable bonds is 6. The Morgan fingerprint density at radius 1 is 1.17 bits per heavy atom. The molecule has 0 bridgehead atoms. The molecule has 1 aromatic carbocycles. The summed E-state index contributed by atoms with van der Waals surface area (Å²) in [5.74, 6) is -0.279. The number of nitrogens with zero attached hydrogens (tertiary/aromatic N) is 2. The highest BCUT2D eigenvalue weighted by Crippen LogP contribution is 2.23. The van der Waals surface area contributed by atoms with Crippen molar-refractivity contribution >= 4 is 23.7 Å². The number of carbonyl (C=O) groups excluding carboxylic acids is 2. The molecule has 0 spiro atoms. The predicted octanol–water partition coefficient (Wildman–Crippen LogP) is 1.90. The molecule has 0 unspecified atom stereocenters. The van der Waals surface area contributed by atoms with E-state index in [1.54, 1.807) is 6.21 Å². The lowest BCUT2D eigenvalue weighted by Gasteiger charge is -2.20. The third-order valence-electron chi connectivity index (χ3n) is 4.21. The van der Waals surface area contributed by atoms with E-state index >= 15 is 0 Å². The van der Waals surface area contributed by atoms with Crippen molar-refractivity contribution in [3.05, 3.63) is 29.8 Å². The van der Waals surface area contributed by atoms with Crippen LogP contribution in [0.1, 0.15) is 37.7 Å². The second-order valence-electron chi connectivity index (χ2n) is 6.33. The van der Waals surface area contributed by atoms with E-state index in [-0.39, 0.29) is 24.3 Å². The minimum Gasteiger partial charge on any atom is -0.378 e. The molecule has 0 saturated heterocycles. The van der Waals surface area contributed by atoms with Gasteiger partial charge >= 0.3 is 0 Å². The number of hydrogen-bond acceptors (Lipinski definition) is 4. The van der Waals surface area contributed by atoms with Crippen LogP contribution >= 0.6 is 0 Å². The van der Waals surface area contributed by atoms with Crippen LogP contribution in [0, 0.1) is 5.92 Å². The maximum atomic E-state index is 12.0. The minimum atomic E-state index is -0.319. The van der Waals surface area contributed by atoms with Crippen LogP contribution in [0.3, 0.4) is 0 Å². The predicted molar refractivity (Wildman–Crippen MR) is 96.1 cm³/mol. The summed E-state index contributed by atoms with van der Waals surface area (Å²) < 4.78 is 0. The molecule has 6 heteroatoms. The summed E-state index contributed by atoms with van der Waals surface area (Å²) in [5.41, 5.74) is 4.43. The summed E-state index contributed by atoms with van der Waals surface area (Å²) in [6.07, 6.45) is 6.83. The van der Waals surface area contributed by atoms with Crippen molar-refractivity contribution in [2.45, 2.75) is 32.1 Å². The van der Waals surface area contributed by atoms with Gasteiger partial charge in [0.1, 0.15) is 0 Å². The molecular weight excluding hydrogens is 304 g/mol. The first-order chi connectivity index (χ1) is 11.6. The Balaban J connectivity index is 1.71. The lowest BCUT2D eigenvalue weighted by Crippen LogP contribution is -2.38. The van der Waals surface area contributed by atoms with Gasteiger partial charge in [0, 0.05) is 25.7 Å². The maximum absolute atomic E-state index is 12.0. The Hall–Kier alpha value is -2.37. The van der Waals surface area contributed by atoms with Gasteiger partial charge in [0.25, 0.3) is 5.91 Å². The van der Waals surface area contributed by atoms with E-state index in [0.717, 1.165) is 36.9 Å². The number of nitrogens with one attached hydrogen (secondary N) is 2. The largest absolute Gasteiger partial charge is 0.378 e. The second kappa shape index (κ2) is 9.05. The van der Waals surface area contributed by atoms with Crippen molar-refractivity contribution in [3.63, 3.8) is 0 Å². The Morgan fingerprint density at radius 3 is 2.46 bits per heavy atom. The Bertz CT molecular complexity index is 575. The van der Waals surface area contributed by atoms with Gasteiger partial charge in [-0.05, 0) is 30.5 Å². The van der Waals surface area contributed by atoms with E-state index < -0.39 is 0 Å². The summed E-state index contributed by atoms with van der Waals surface area (Å²) in [6.45, 7) is -0.0355. The molecule has 1 saturated carbocycles. The summed E-state index contributed by atoms with van der Waals surface area (Å²) in [6, 6.07) is 7.81. The summed E-state index contributed by atoms with van der Waals surface area (Å²) >= 11 is 0. The van der Waals surface area contributed by atoms with Crippen LogP contribution in [-0.4, -0.2) is 38.7 Å². The monoisotopic (exact) mass is 330 g/mol. The van der Waals surface area contributed by atoms with E-state index in [1.807, 2.05) is 43.3 Å². The number of hydrazone groups is 1. The van der Waals surface area contributed by atoms with Gasteiger partial charge < -0.3 is 10.2 Å². The van der Waals surface area contributed by atoms with Gasteiger partial charge in [-0.2, -0.15) is 5.10 Å². The SMILES string of the molecule is CN(C)c1ccc(/C=N/NC(=O)CNC(=O)C2CCCCC2)cc1. The van der Waals surface area contributed by atoms with E-state index in [9.17, 15) is 9.59 Å². The van der Waals surface area contributed by atoms with E-state index in [4.69, 9.17) is 0 Å². The molecule has 2 rings (SSSR count). The fourth-order valence-electron chi connectivity index (χ4n) is 2.75. The van der Waals surface area contributed by atoms with Crippen molar-refractivity contribution in [2.75, 3.05) is 25.5 Å². The first kappa shape index (κ1) is 18.0. The second-order valence-corrected chi connectivity index (χ2v) is 6.33. The third-order valence-corrected chi connectivity index (χ3v) is 4.21. The topological polar surface area (TPSA) is 73.8 Å². The van der Waals surface area contributed by atoms with Crippen molar-refractivity contribution in [1.82, 2.24) is 10.7 Å². The molecule has 0 aliphatic heterocycles. The van der Waals surface area contributed by atoms with Crippen LogP contribution < -0.4 is 15.6 Å². The lowest BCUT2D eigenvalue weighted by molar-refractivity contribution is -0.129. The van der Waals surface area contributed by atoms with Crippen molar-refractivity contribution in [2.24, 2.45) is 11.0 Å². The average molecular weight is 330 g/mol. The Morgan fingerprint density at radius 2 is 1.83 bits per heavy atom. The van der Waals surface area contributed by atoms with Gasteiger partial charge in [-0.1, -0.05) is 31.4 Å². The molecule has 0 radical (unpaired) electrons. The fraction of sp³-hybridized carbons (Fsp3) is 0.500. The molecule has 24 heavy (non-hydrogen) atoms. The number of benzene rings is 1. The number of carbonyl (C=O) groups is 2. The quantitative estimate of drug-likeness (QED) is 0.618. The van der Waals surface area contributed by atoms with E-state index in [1.165, 1.54) is 6.42 Å². The first-order valence-electron chi connectivity index (χ1n) is 8.43. The zero-order valence-electron chi connectivity index (χ0n) is 14.4. The molecule has 130 valence electrons. The third kappa shape index (κ3) is 5.68. The van der Waals surface area contributed by atoms with Crippen molar-refractivity contribution < 1.29 is 9.59 Å². The number of hydrogen-bond donors (Lipinski definition) is 2. The summed E-state index contributed by atoms with van der Waals surface area (Å²) in [5, 5.41) is 6.61.